The molecule has 0 aliphatic rings. The smallest absolute Gasteiger partial charge is 0.407 e. The second-order valence-electron chi connectivity index (χ2n) is 3.01. The van der Waals surface area contributed by atoms with Crippen LogP contribution in [0.1, 0.15) is 19.4 Å². The summed E-state index contributed by atoms with van der Waals surface area (Å²) in [7, 11) is 0. The number of nitrogens with one attached hydrogen (secondary N) is 1. The van der Waals surface area contributed by atoms with Gasteiger partial charge < -0.3 is 10.1 Å². The lowest BCUT2D eigenvalue weighted by Crippen LogP contribution is -2.30. The molecule has 0 spiro atoms. The van der Waals surface area contributed by atoms with Gasteiger partial charge in [-0.15, -0.1) is 0 Å². The van der Waals surface area contributed by atoms with E-state index in [-0.39, 0.29) is 12.1 Å². The van der Waals surface area contributed by atoms with E-state index in [0.717, 1.165) is 5.56 Å². The summed E-state index contributed by atoms with van der Waals surface area (Å²) in [6, 6.07) is 2.06. The van der Waals surface area contributed by atoms with Crippen LogP contribution >= 0.6 is 11.3 Å². The molecule has 1 aromatic rings. The lowest BCUT2D eigenvalue weighted by atomic mass is 10.4. The molecule has 1 N–H and O–H groups in total. The first-order chi connectivity index (χ1) is 6.18. The van der Waals surface area contributed by atoms with Crippen molar-refractivity contribution in [2.24, 2.45) is 0 Å². The number of hydrogen-bond donors (Lipinski definition) is 1. The summed E-state index contributed by atoms with van der Waals surface area (Å²) in [5.74, 6) is 0. The number of carbonyl (C=O) groups is 1. The summed E-state index contributed by atoms with van der Waals surface area (Å²) < 4.78 is 4.95. The fourth-order valence-electron chi connectivity index (χ4n) is 0.801. The van der Waals surface area contributed by atoms with E-state index >= 15 is 0 Å². The van der Waals surface area contributed by atoms with Gasteiger partial charge in [-0.25, -0.2) is 4.79 Å². The summed E-state index contributed by atoms with van der Waals surface area (Å²) >= 11 is 1.59. The zero-order chi connectivity index (χ0) is 9.68. The highest BCUT2D eigenvalue weighted by molar-refractivity contribution is 7.07. The van der Waals surface area contributed by atoms with Crippen LogP contribution in [0, 0.1) is 0 Å². The van der Waals surface area contributed by atoms with Crippen molar-refractivity contribution in [2.45, 2.75) is 26.5 Å². The maximum absolute atomic E-state index is 11.0. The van der Waals surface area contributed by atoms with Gasteiger partial charge in [-0.2, -0.15) is 11.3 Å². The van der Waals surface area contributed by atoms with Crippen molar-refractivity contribution in [1.82, 2.24) is 5.32 Å². The summed E-state index contributed by atoms with van der Waals surface area (Å²) in [6.45, 7) is 4.14. The predicted octanol–water partition coefficient (Wildman–Crippen LogP) is 2.38. The second-order valence-corrected chi connectivity index (χ2v) is 3.79. The Morgan fingerprint density at radius 3 is 3.00 bits per heavy atom. The number of amides is 1. The van der Waals surface area contributed by atoms with Gasteiger partial charge in [-0.05, 0) is 30.7 Å². The van der Waals surface area contributed by atoms with Gasteiger partial charge in [0, 0.05) is 11.6 Å². The highest BCUT2D eigenvalue weighted by Gasteiger charge is 2.03. The predicted molar refractivity (Wildman–Crippen MR) is 52.8 cm³/mol. The molecule has 0 fully saturated rings. The molecule has 0 saturated heterocycles. The van der Waals surface area contributed by atoms with E-state index < -0.39 is 0 Å². The van der Waals surface area contributed by atoms with Gasteiger partial charge in [0.05, 0.1) is 0 Å². The molecule has 3 nitrogen and oxygen atoms in total. The highest BCUT2D eigenvalue weighted by atomic mass is 32.1. The molecule has 13 heavy (non-hydrogen) atoms. The quantitative estimate of drug-likeness (QED) is 0.811. The Labute approximate surface area is 81.7 Å². The van der Waals surface area contributed by atoms with E-state index in [2.05, 4.69) is 5.32 Å². The van der Waals surface area contributed by atoms with E-state index in [1.54, 1.807) is 11.3 Å². The molecule has 0 unspecified atom stereocenters. The molecule has 1 aromatic heterocycles. The minimum absolute atomic E-state index is 0.120. The van der Waals surface area contributed by atoms with E-state index in [9.17, 15) is 4.79 Å². The summed E-state index contributed by atoms with van der Waals surface area (Å²) in [5.41, 5.74) is 1.03. The first-order valence-corrected chi connectivity index (χ1v) is 5.07. The first-order valence-electron chi connectivity index (χ1n) is 4.13. The van der Waals surface area contributed by atoms with Gasteiger partial charge in [-0.1, -0.05) is 0 Å². The molecule has 0 atom stereocenters. The zero-order valence-electron chi connectivity index (χ0n) is 7.74. The van der Waals surface area contributed by atoms with Crippen molar-refractivity contribution in [3.63, 3.8) is 0 Å². The van der Waals surface area contributed by atoms with Crippen LogP contribution in [0.2, 0.25) is 0 Å². The SMILES string of the molecule is CC(C)NC(=O)OCc1ccsc1. The minimum Gasteiger partial charge on any atom is -0.445 e. The van der Waals surface area contributed by atoms with Crippen LogP contribution in [0.4, 0.5) is 4.79 Å². The molecular formula is C9H13NO2S. The van der Waals surface area contributed by atoms with E-state index in [4.69, 9.17) is 4.74 Å². The number of hydrogen-bond acceptors (Lipinski definition) is 3. The van der Waals surface area contributed by atoms with Crippen LogP contribution in [0.5, 0.6) is 0 Å². The maximum Gasteiger partial charge on any atom is 0.407 e. The van der Waals surface area contributed by atoms with Crippen LogP contribution in [0.3, 0.4) is 0 Å². The third-order valence-corrected chi connectivity index (χ3v) is 2.09. The minimum atomic E-state index is -0.360. The van der Waals surface area contributed by atoms with Gasteiger partial charge in [0.2, 0.25) is 0 Å². The monoisotopic (exact) mass is 199 g/mol. The van der Waals surface area contributed by atoms with Crippen LogP contribution in [0.15, 0.2) is 16.8 Å². The van der Waals surface area contributed by atoms with Crippen molar-refractivity contribution in [3.8, 4) is 0 Å². The zero-order valence-corrected chi connectivity index (χ0v) is 8.56. The van der Waals surface area contributed by atoms with Gasteiger partial charge in [0.15, 0.2) is 0 Å². The molecule has 4 heteroatoms. The second kappa shape index (κ2) is 4.87. The average molecular weight is 199 g/mol. The molecule has 0 bridgehead atoms. The van der Waals surface area contributed by atoms with Crippen molar-refractivity contribution >= 4 is 17.4 Å². The fourth-order valence-corrected chi connectivity index (χ4v) is 1.45. The molecule has 0 saturated carbocycles. The topological polar surface area (TPSA) is 38.3 Å². The summed E-state index contributed by atoms with van der Waals surface area (Å²) in [5, 5.41) is 6.57. The van der Waals surface area contributed by atoms with Crippen LogP contribution in [-0.4, -0.2) is 12.1 Å². The van der Waals surface area contributed by atoms with E-state index in [1.807, 2.05) is 30.7 Å². The van der Waals surface area contributed by atoms with Crippen LogP contribution in [-0.2, 0) is 11.3 Å². The standard InChI is InChI=1S/C9H13NO2S/c1-7(2)10-9(11)12-5-8-3-4-13-6-8/h3-4,6-7H,5H2,1-2H3,(H,10,11). The number of rotatable bonds is 3. The molecule has 72 valence electrons. The van der Waals surface area contributed by atoms with Crippen molar-refractivity contribution in [2.75, 3.05) is 0 Å². The molecular weight excluding hydrogens is 186 g/mol. The molecule has 1 rings (SSSR count). The van der Waals surface area contributed by atoms with Gasteiger partial charge in [-0.3, -0.25) is 0 Å². The highest BCUT2D eigenvalue weighted by Crippen LogP contribution is 2.06. The van der Waals surface area contributed by atoms with Gasteiger partial charge >= 0.3 is 6.09 Å². The fraction of sp³-hybridized carbons (Fsp3) is 0.444. The molecule has 0 aliphatic carbocycles. The van der Waals surface area contributed by atoms with Gasteiger partial charge in [0.25, 0.3) is 0 Å². The number of ether oxygens (including phenoxy) is 1. The first kappa shape index (κ1) is 10.1. The van der Waals surface area contributed by atoms with Gasteiger partial charge in [0.1, 0.15) is 6.61 Å². The Balaban J connectivity index is 2.23. The van der Waals surface area contributed by atoms with Crippen molar-refractivity contribution < 1.29 is 9.53 Å². The number of alkyl carbamates (subject to hydrolysis) is 1. The summed E-state index contributed by atoms with van der Waals surface area (Å²) in [4.78, 5) is 11.0. The van der Waals surface area contributed by atoms with Crippen LogP contribution < -0.4 is 5.32 Å². The third kappa shape index (κ3) is 3.94. The Bertz CT molecular complexity index is 257. The normalized spacial score (nSPS) is 10.1. The van der Waals surface area contributed by atoms with E-state index in [0.29, 0.717) is 6.61 Å². The Morgan fingerprint density at radius 2 is 2.46 bits per heavy atom. The van der Waals surface area contributed by atoms with Crippen molar-refractivity contribution in [1.29, 1.82) is 0 Å². The third-order valence-electron chi connectivity index (χ3n) is 1.36. The Hall–Kier alpha value is -1.03. The largest absolute Gasteiger partial charge is 0.445 e. The number of carbonyl (C=O) groups excluding carboxylic acids is 1. The molecule has 1 amide bonds. The molecule has 0 radical (unpaired) electrons. The van der Waals surface area contributed by atoms with Crippen LogP contribution in [0.25, 0.3) is 0 Å². The number of thiophene rings is 1. The lowest BCUT2D eigenvalue weighted by molar-refractivity contribution is 0.137. The molecule has 0 aliphatic heterocycles. The van der Waals surface area contributed by atoms with Crippen molar-refractivity contribution in [3.05, 3.63) is 22.4 Å². The molecule has 0 aromatic carbocycles. The average Bonchev–Trinajstić information content (AvgIpc) is 2.51. The van der Waals surface area contributed by atoms with E-state index in [1.165, 1.54) is 0 Å². The Morgan fingerprint density at radius 1 is 1.69 bits per heavy atom. The molecule has 1 heterocycles. The lowest BCUT2D eigenvalue weighted by Gasteiger charge is -2.08. The summed E-state index contributed by atoms with van der Waals surface area (Å²) in [6.07, 6.45) is -0.360. The maximum atomic E-state index is 11.0. The Kier molecular flexibility index (Phi) is 3.76.